The number of nitrogens with one attached hydrogen (secondary N) is 2. The normalized spacial score (nSPS) is 24.1. The summed E-state index contributed by atoms with van der Waals surface area (Å²) < 4.78 is 0. The molecule has 2 bridgehead atoms. The molecule has 7 heteroatoms. The van der Waals surface area contributed by atoms with Gasteiger partial charge in [0.15, 0.2) is 5.82 Å². The molecule has 2 aromatic heterocycles. The molecule has 5 heterocycles. The van der Waals surface area contributed by atoms with Crippen LogP contribution in [-0.4, -0.2) is 50.5 Å². The highest BCUT2D eigenvalue weighted by Crippen LogP contribution is 2.29. The molecule has 6 rings (SSSR count). The van der Waals surface area contributed by atoms with Crippen molar-refractivity contribution in [1.82, 2.24) is 24.8 Å². The summed E-state index contributed by atoms with van der Waals surface area (Å²) in [4.78, 5) is 20.5. The molecule has 3 aliphatic rings. The Balaban J connectivity index is 1.44. The van der Waals surface area contributed by atoms with E-state index in [0.717, 1.165) is 23.3 Å². The number of anilines is 3. The summed E-state index contributed by atoms with van der Waals surface area (Å²) in [5.41, 5.74) is 3.65. The fourth-order valence-corrected chi connectivity index (χ4v) is 4.17. The number of piperidine rings is 3. The Labute approximate surface area is 158 Å². The van der Waals surface area contributed by atoms with Gasteiger partial charge in [-0.15, -0.1) is 0 Å². The predicted octanol–water partition coefficient (Wildman–Crippen LogP) is 2.98. The summed E-state index contributed by atoms with van der Waals surface area (Å²) in [7, 11) is 0. The van der Waals surface area contributed by atoms with Gasteiger partial charge in [-0.3, -0.25) is 0 Å². The van der Waals surface area contributed by atoms with Crippen LogP contribution in [0.1, 0.15) is 18.4 Å². The van der Waals surface area contributed by atoms with Gasteiger partial charge in [-0.1, -0.05) is 12.1 Å². The van der Waals surface area contributed by atoms with E-state index < -0.39 is 0 Å². The van der Waals surface area contributed by atoms with E-state index in [1.54, 1.807) is 12.5 Å². The van der Waals surface area contributed by atoms with E-state index in [9.17, 15) is 0 Å². The van der Waals surface area contributed by atoms with Gasteiger partial charge >= 0.3 is 0 Å². The highest BCUT2D eigenvalue weighted by atomic mass is 15.2. The number of benzene rings is 1. The molecule has 1 unspecified atom stereocenters. The molecule has 3 aliphatic heterocycles. The minimum atomic E-state index is 0.419. The lowest BCUT2D eigenvalue weighted by molar-refractivity contribution is 0.0972. The second kappa shape index (κ2) is 6.74. The third kappa shape index (κ3) is 3.30. The minimum Gasteiger partial charge on any atom is -0.350 e. The predicted molar refractivity (Wildman–Crippen MR) is 106 cm³/mol. The maximum atomic E-state index is 4.74. The number of hydrogen-bond acceptors (Lipinski definition) is 7. The molecule has 0 saturated carbocycles. The third-order valence-corrected chi connectivity index (χ3v) is 5.63. The average molecular weight is 361 g/mol. The van der Waals surface area contributed by atoms with Gasteiger partial charge in [-0.2, -0.15) is 0 Å². The highest BCUT2D eigenvalue weighted by Gasteiger charge is 2.34. The van der Waals surface area contributed by atoms with Crippen LogP contribution < -0.4 is 10.6 Å². The number of nitrogens with zero attached hydrogens (tertiary/aromatic N) is 5. The highest BCUT2D eigenvalue weighted by molar-refractivity contribution is 5.87. The van der Waals surface area contributed by atoms with Crippen molar-refractivity contribution in [2.45, 2.75) is 25.8 Å². The number of aryl methyl sites for hydroxylation is 1. The van der Waals surface area contributed by atoms with Gasteiger partial charge in [-0.05, 0) is 56.5 Å². The van der Waals surface area contributed by atoms with Crippen LogP contribution in [0.4, 0.5) is 17.5 Å². The number of rotatable bonds is 4. The second-order valence-corrected chi connectivity index (χ2v) is 7.53. The lowest BCUT2D eigenvalue weighted by Gasteiger charge is -2.44. The van der Waals surface area contributed by atoms with Crippen LogP contribution >= 0.6 is 0 Å². The van der Waals surface area contributed by atoms with Gasteiger partial charge in [0.2, 0.25) is 5.95 Å². The van der Waals surface area contributed by atoms with E-state index in [-0.39, 0.29) is 0 Å². The van der Waals surface area contributed by atoms with Crippen LogP contribution in [-0.2, 0) is 0 Å². The number of aromatic nitrogens is 4. The monoisotopic (exact) mass is 361 g/mol. The van der Waals surface area contributed by atoms with Gasteiger partial charge in [0.1, 0.15) is 17.4 Å². The van der Waals surface area contributed by atoms with Crippen molar-refractivity contribution in [3.8, 4) is 0 Å². The molecule has 0 spiro atoms. The maximum absolute atomic E-state index is 4.74. The Hall–Kier alpha value is -2.80. The largest absolute Gasteiger partial charge is 0.350 e. The number of fused-ring (bicyclic) bond motifs is 4. The lowest BCUT2D eigenvalue weighted by Crippen LogP contribution is -2.53. The van der Waals surface area contributed by atoms with E-state index in [1.165, 1.54) is 31.5 Å². The SMILES string of the molecule is Cc1cccc(Nc2ncnc3cnc(NC4CN5CCC4CC5)nc23)c1. The molecular weight excluding hydrogens is 338 g/mol. The molecule has 3 fully saturated rings. The van der Waals surface area contributed by atoms with Gasteiger partial charge in [0, 0.05) is 18.3 Å². The molecule has 27 heavy (non-hydrogen) atoms. The molecule has 3 aromatic rings. The molecule has 1 atom stereocenters. The summed E-state index contributed by atoms with van der Waals surface area (Å²) in [6.07, 6.45) is 5.84. The number of hydrogen-bond donors (Lipinski definition) is 2. The molecular formula is C20H23N7. The summed E-state index contributed by atoms with van der Waals surface area (Å²) >= 11 is 0. The standard InChI is InChI=1S/C20H23N7/c1-13-3-2-4-15(9-13)24-19-18-16(22-12-23-19)10-21-20(26-18)25-17-11-27-7-5-14(17)6-8-27/h2-4,9-10,12,14,17H,5-8,11H2,1H3,(H,21,25,26)(H,22,23,24). The van der Waals surface area contributed by atoms with E-state index in [0.29, 0.717) is 23.7 Å². The van der Waals surface area contributed by atoms with Gasteiger partial charge in [0.25, 0.3) is 0 Å². The second-order valence-electron chi connectivity index (χ2n) is 7.53. The molecule has 2 N–H and O–H groups in total. The smallest absolute Gasteiger partial charge is 0.223 e. The first kappa shape index (κ1) is 16.4. The molecule has 0 aliphatic carbocycles. The molecule has 0 radical (unpaired) electrons. The van der Waals surface area contributed by atoms with Gasteiger partial charge < -0.3 is 15.5 Å². The zero-order chi connectivity index (χ0) is 18.2. The van der Waals surface area contributed by atoms with E-state index in [1.807, 2.05) is 12.1 Å². The van der Waals surface area contributed by atoms with Crippen molar-refractivity contribution in [3.63, 3.8) is 0 Å². The first-order valence-corrected chi connectivity index (χ1v) is 9.55. The molecule has 7 nitrogen and oxygen atoms in total. The van der Waals surface area contributed by atoms with Crippen molar-refractivity contribution < 1.29 is 0 Å². The van der Waals surface area contributed by atoms with Crippen molar-refractivity contribution in [3.05, 3.63) is 42.4 Å². The van der Waals surface area contributed by atoms with Crippen LogP contribution in [0.25, 0.3) is 11.0 Å². The van der Waals surface area contributed by atoms with Crippen molar-refractivity contribution in [2.75, 3.05) is 30.3 Å². The van der Waals surface area contributed by atoms with Gasteiger partial charge in [-0.25, -0.2) is 19.9 Å². The zero-order valence-corrected chi connectivity index (χ0v) is 15.4. The molecule has 0 amide bonds. The quantitative estimate of drug-likeness (QED) is 0.739. The van der Waals surface area contributed by atoms with Crippen LogP contribution in [0.3, 0.4) is 0 Å². The Morgan fingerprint density at radius 2 is 2.00 bits per heavy atom. The van der Waals surface area contributed by atoms with E-state index >= 15 is 0 Å². The van der Waals surface area contributed by atoms with Crippen molar-refractivity contribution in [1.29, 1.82) is 0 Å². The van der Waals surface area contributed by atoms with Crippen LogP contribution in [0, 0.1) is 12.8 Å². The summed E-state index contributed by atoms with van der Waals surface area (Å²) in [6, 6.07) is 8.62. The molecule has 1 aromatic carbocycles. The van der Waals surface area contributed by atoms with Crippen LogP contribution in [0.5, 0.6) is 0 Å². The first-order chi connectivity index (χ1) is 13.2. The summed E-state index contributed by atoms with van der Waals surface area (Å²) in [6.45, 7) is 5.59. The topological polar surface area (TPSA) is 78.9 Å². The third-order valence-electron chi connectivity index (χ3n) is 5.63. The Morgan fingerprint density at radius 3 is 2.78 bits per heavy atom. The Bertz CT molecular complexity index is 965. The van der Waals surface area contributed by atoms with E-state index in [2.05, 4.69) is 49.5 Å². The van der Waals surface area contributed by atoms with Crippen molar-refractivity contribution in [2.24, 2.45) is 5.92 Å². The minimum absolute atomic E-state index is 0.419. The Kier molecular flexibility index (Phi) is 4.09. The Morgan fingerprint density at radius 1 is 1.11 bits per heavy atom. The average Bonchev–Trinajstić information content (AvgIpc) is 2.69. The molecule has 3 saturated heterocycles. The zero-order valence-electron chi connectivity index (χ0n) is 15.4. The van der Waals surface area contributed by atoms with Crippen LogP contribution in [0.15, 0.2) is 36.8 Å². The lowest BCUT2D eigenvalue weighted by atomic mass is 9.84. The van der Waals surface area contributed by atoms with Crippen LogP contribution in [0.2, 0.25) is 0 Å². The maximum Gasteiger partial charge on any atom is 0.223 e. The molecule has 138 valence electrons. The fraction of sp³-hybridized carbons (Fsp3) is 0.400. The summed E-state index contributed by atoms with van der Waals surface area (Å²) in [5, 5.41) is 6.93. The van der Waals surface area contributed by atoms with E-state index in [4.69, 9.17) is 4.98 Å². The first-order valence-electron chi connectivity index (χ1n) is 9.55. The fourth-order valence-electron chi connectivity index (χ4n) is 4.17. The van der Waals surface area contributed by atoms with Crippen molar-refractivity contribution >= 4 is 28.5 Å². The van der Waals surface area contributed by atoms with Gasteiger partial charge in [0.05, 0.1) is 6.20 Å². The summed E-state index contributed by atoms with van der Waals surface area (Å²) in [5.74, 6) is 2.07.